The van der Waals surface area contributed by atoms with Crippen molar-refractivity contribution >= 4 is 23.6 Å². The van der Waals surface area contributed by atoms with Crippen LogP contribution in [0.1, 0.15) is 37.4 Å². The van der Waals surface area contributed by atoms with Crippen molar-refractivity contribution < 1.29 is 19.2 Å². The Morgan fingerprint density at radius 1 is 1.25 bits per heavy atom. The molecule has 1 heterocycles. The van der Waals surface area contributed by atoms with Crippen molar-refractivity contribution in [3.63, 3.8) is 0 Å². The van der Waals surface area contributed by atoms with E-state index in [4.69, 9.17) is 4.74 Å². The van der Waals surface area contributed by atoms with E-state index in [1.807, 2.05) is 0 Å². The Kier molecular flexibility index (Phi) is 7.38. The highest BCUT2D eigenvalue weighted by Gasteiger charge is 2.26. The minimum absolute atomic E-state index is 0.179. The zero-order valence-corrected chi connectivity index (χ0v) is 15.6. The molecule has 8 nitrogen and oxygen atoms in total. The normalized spacial score (nSPS) is 12.0. The smallest absolute Gasteiger partial charge is 0.308 e. The molecular formula is C20H21N3O5. The summed E-state index contributed by atoms with van der Waals surface area (Å²) in [5, 5.41) is 14.0. The molecule has 0 radical (unpaired) electrons. The van der Waals surface area contributed by atoms with Gasteiger partial charge in [0.25, 0.3) is 5.69 Å². The van der Waals surface area contributed by atoms with Gasteiger partial charge >= 0.3 is 5.97 Å². The molecule has 146 valence electrons. The Labute approximate surface area is 162 Å². The average molecular weight is 383 g/mol. The zero-order chi connectivity index (χ0) is 20.5. The number of pyridine rings is 1. The first-order valence-electron chi connectivity index (χ1n) is 8.68. The number of esters is 1. The van der Waals surface area contributed by atoms with E-state index in [1.165, 1.54) is 24.3 Å². The predicted molar refractivity (Wildman–Crippen MR) is 103 cm³/mol. The summed E-state index contributed by atoms with van der Waals surface area (Å²) < 4.78 is 5.13. The first-order chi connectivity index (χ1) is 13.4. The lowest BCUT2D eigenvalue weighted by Gasteiger charge is -2.18. The maximum Gasteiger partial charge on any atom is 0.308 e. The van der Waals surface area contributed by atoms with E-state index in [0.29, 0.717) is 0 Å². The molecule has 1 amide bonds. The maximum absolute atomic E-state index is 12.3. The third-order valence-electron chi connectivity index (χ3n) is 3.67. The maximum atomic E-state index is 12.3. The van der Waals surface area contributed by atoms with Crippen LogP contribution >= 0.6 is 0 Å². The molecule has 0 aliphatic heterocycles. The highest BCUT2D eigenvalue weighted by Crippen LogP contribution is 2.27. The van der Waals surface area contributed by atoms with Crippen LogP contribution in [0.2, 0.25) is 0 Å². The number of hydrogen-bond donors (Lipinski definition) is 1. The number of para-hydroxylation sites is 1. The van der Waals surface area contributed by atoms with E-state index < -0.39 is 22.8 Å². The Morgan fingerprint density at radius 2 is 2.00 bits per heavy atom. The third-order valence-corrected chi connectivity index (χ3v) is 3.67. The fraction of sp³-hybridized carbons (Fsp3) is 0.250. The molecule has 1 aromatic heterocycles. The van der Waals surface area contributed by atoms with Crippen LogP contribution in [0, 0.1) is 10.1 Å². The van der Waals surface area contributed by atoms with Crippen molar-refractivity contribution in [3.05, 3.63) is 76.1 Å². The second-order valence-electron chi connectivity index (χ2n) is 6.24. The van der Waals surface area contributed by atoms with Crippen LogP contribution in [0.5, 0.6) is 0 Å². The summed E-state index contributed by atoms with van der Waals surface area (Å²) in [7, 11) is 0. The quantitative estimate of drug-likeness (QED) is 0.324. The fourth-order valence-corrected chi connectivity index (χ4v) is 2.53. The second-order valence-corrected chi connectivity index (χ2v) is 6.24. The lowest BCUT2D eigenvalue weighted by atomic mass is 10.0. The number of ether oxygens (including phenoxy) is 1. The largest absolute Gasteiger partial charge is 0.463 e. The summed E-state index contributed by atoms with van der Waals surface area (Å²) in [4.78, 5) is 39.2. The van der Waals surface area contributed by atoms with Gasteiger partial charge in [-0.1, -0.05) is 24.3 Å². The standard InChI is InChI=1S/C20H21N3O5/c1-14(2)28-20(25)12-17(16-7-3-4-8-18(16)23(26)27)22-19(24)10-9-15-6-5-11-21-13-15/h3-11,13-14,17H,12H2,1-2H3,(H,22,24)/b10-9+. The summed E-state index contributed by atoms with van der Waals surface area (Å²) in [6.45, 7) is 3.40. The van der Waals surface area contributed by atoms with Gasteiger partial charge < -0.3 is 10.1 Å². The van der Waals surface area contributed by atoms with Crippen LogP contribution in [0.3, 0.4) is 0 Å². The summed E-state index contributed by atoms with van der Waals surface area (Å²) in [6, 6.07) is 8.57. The summed E-state index contributed by atoms with van der Waals surface area (Å²) in [6.07, 6.45) is 5.49. The van der Waals surface area contributed by atoms with Gasteiger partial charge in [0.15, 0.2) is 0 Å². The van der Waals surface area contributed by atoms with Crippen LogP contribution < -0.4 is 5.32 Å². The number of aromatic nitrogens is 1. The van der Waals surface area contributed by atoms with Gasteiger partial charge in [-0.05, 0) is 31.6 Å². The van der Waals surface area contributed by atoms with Crippen molar-refractivity contribution in [3.8, 4) is 0 Å². The molecule has 1 N–H and O–H groups in total. The van der Waals surface area contributed by atoms with Crippen molar-refractivity contribution in [2.75, 3.05) is 0 Å². The number of benzene rings is 1. The van der Waals surface area contributed by atoms with Gasteiger partial charge in [0.2, 0.25) is 5.91 Å². The molecule has 1 atom stereocenters. The first kappa shape index (κ1) is 20.8. The van der Waals surface area contributed by atoms with Crippen LogP contribution in [0.25, 0.3) is 6.08 Å². The van der Waals surface area contributed by atoms with E-state index in [-0.39, 0.29) is 23.8 Å². The second kappa shape index (κ2) is 9.96. The Morgan fingerprint density at radius 3 is 2.64 bits per heavy atom. The van der Waals surface area contributed by atoms with Crippen molar-refractivity contribution in [1.82, 2.24) is 10.3 Å². The summed E-state index contributed by atoms with van der Waals surface area (Å²) >= 11 is 0. The number of amides is 1. The number of hydrogen-bond acceptors (Lipinski definition) is 6. The Balaban J connectivity index is 2.23. The number of carbonyl (C=O) groups is 2. The summed E-state index contributed by atoms with van der Waals surface area (Å²) in [5.74, 6) is -1.06. The van der Waals surface area contributed by atoms with E-state index in [1.54, 1.807) is 50.5 Å². The molecule has 0 spiro atoms. The molecular weight excluding hydrogens is 362 g/mol. The van der Waals surface area contributed by atoms with Gasteiger partial charge in [0.1, 0.15) is 0 Å². The van der Waals surface area contributed by atoms with Crippen LogP contribution in [0.15, 0.2) is 54.9 Å². The molecule has 0 fully saturated rings. The van der Waals surface area contributed by atoms with E-state index in [9.17, 15) is 19.7 Å². The lowest BCUT2D eigenvalue weighted by molar-refractivity contribution is -0.385. The number of nitrogens with zero attached hydrogens (tertiary/aromatic N) is 2. The van der Waals surface area contributed by atoms with Gasteiger partial charge in [-0.25, -0.2) is 0 Å². The Hall–Kier alpha value is -3.55. The van der Waals surface area contributed by atoms with Gasteiger partial charge in [-0.2, -0.15) is 0 Å². The van der Waals surface area contributed by atoms with Crippen molar-refractivity contribution in [2.45, 2.75) is 32.4 Å². The van der Waals surface area contributed by atoms with E-state index in [2.05, 4.69) is 10.3 Å². The molecule has 1 aromatic carbocycles. The molecule has 0 saturated carbocycles. The fourth-order valence-electron chi connectivity index (χ4n) is 2.53. The number of nitro benzene ring substituents is 1. The Bertz CT molecular complexity index is 865. The number of rotatable bonds is 8. The SMILES string of the molecule is CC(C)OC(=O)CC(NC(=O)/C=C/c1cccnc1)c1ccccc1[N+](=O)[O-]. The number of carbonyl (C=O) groups excluding carboxylic acids is 2. The molecule has 28 heavy (non-hydrogen) atoms. The molecule has 0 bridgehead atoms. The van der Waals surface area contributed by atoms with Gasteiger partial charge in [-0.3, -0.25) is 24.7 Å². The van der Waals surface area contributed by atoms with Gasteiger partial charge in [-0.15, -0.1) is 0 Å². The van der Waals surface area contributed by atoms with Crippen LogP contribution in [-0.4, -0.2) is 27.9 Å². The molecule has 0 aliphatic rings. The molecule has 0 aliphatic carbocycles. The third kappa shape index (κ3) is 6.31. The molecule has 2 rings (SSSR count). The monoisotopic (exact) mass is 383 g/mol. The highest BCUT2D eigenvalue weighted by molar-refractivity contribution is 5.92. The van der Waals surface area contributed by atoms with E-state index in [0.717, 1.165) is 5.56 Å². The molecule has 8 heteroatoms. The summed E-state index contributed by atoms with van der Waals surface area (Å²) in [5.41, 5.74) is 0.775. The minimum Gasteiger partial charge on any atom is -0.463 e. The number of nitrogens with one attached hydrogen (secondary N) is 1. The van der Waals surface area contributed by atoms with Crippen LogP contribution in [0.4, 0.5) is 5.69 Å². The molecule has 1 unspecified atom stereocenters. The molecule has 2 aromatic rings. The molecule has 0 saturated heterocycles. The topological polar surface area (TPSA) is 111 Å². The van der Waals surface area contributed by atoms with Gasteiger partial charge in [0, 0.05) is 24.5 Å². The van der Waals surface area contributed by atoms with Crippen molar-refractivity contribution in [2.24, 2.45) is 0 Å². The first-order valence-corrected chi connectivity index (χ1v) is 8.68. The average Bonchev–Trinajstić information content (AvgIpc) is 2.66. The highest BCUT2D eigenvalue weighted by atomic mass is 16.6. The van der Waals surface area contributed by atoms with Gasteiger partial charge in [0.05, 0.1) is 29.1 Å². The predicted octanol–water partition coefficient (Wildman–Crippen LogP) is 3.20. The van der Waals surface area contributed by atoms with E-state index >= 15 is 0 Å². The minimum atomic E-state index is -0.904. The van der Waals surface area contributed by atoms with Crippen LogP contribution in [-0.2, 0) is 14.3 Å². The van der Waals surface area contributed by atoms with Crippen molar-refractivity contribution in [1.29, 1.82) is 0 Å². The number of nitro groups is 1. The lowest BCUT2D eigenvalue weighted by Crippen LogP contribution is -2.30. The zero-order valence-electron chi connectivity index (χ0n) is 15.6.